The van der Waals surface area contributed by atoms with E-state index < -0.39 is 6.10 Å². The Balaban J connectivity index is 3.99. The van der Waals surface area contributed by atoms with Gasteiger partial charge in [0, 0.05) is 12.8 Å². The van der Waals surface area contributed by atoms with E-state index in [4.69, 9.17) is 14.2 Å². The number of unbranched alkanes of at least 4 members (excludes halogenated alkanes) is 28. The topological polar surface area (TPSA) is 61.8 Å². The smallest absolute Gasteiger partial charge is 0.306 e. The molecular weight excluding hydrogens is 622 g/mol. The number of hydrogen-bond donors (Lipinski definition) is 0. The Morgan fingerprint density at radius 3 is 1.10 bits per heavy atom. The van der Waals surface area contributed by atoms with Gasteiger partial charge >= 0.3 is 11.9 Å². The normalized spacial score (nSPS) is 12.3. The lowest BCUT2D eigenvalue weighted by atomic mass is 10.0. The molecule has 0 heterocycles. The first-order chi connectivity index (χ1) is 24.3. The van der Waals surface area contributed by atoms with Crippen LogP contribution in [0.4, 0.5) is 0 Å². The summed E-state index contributed by atoms with van der Waals surface area (Å²) in [7, 11) is 6.37. The maximum absolute atomic E-state index is 12.6. The number of rotatable bonds is 40. The van der Waals surface area contributed by atoms with Crippen LogP contribution in [0.25, 0.3) is 0 Å². The summed E-state index contributed by atoms with van der Waals surface area (Å²) in [6, 6.07) is 0. The molecule has 0 bridgehead atoms. The predicted octanol–water partition coefficient (Wildman–Crippen LogP) is 12.7. The van der Waals surface area contributed by atoms with Crippen LogP contribution < -0.4 is 0 Å². The molecule has 0 aromatic heterocycles. The van der Waals surface area contributed by atoms with E-state index in [1.165, 1.54) is 167 Å². The number of likely N-dealkylation sites (N-methyl/N-ethyl adjacent to an activating group) is 1. The highest BCUT2D eigenvalue weighted by molar-refractivity contribution is 5.70. The second kappa shape index (κ2) is 37.6. The molecule has 0 aliphatic heterocycles. The van der Waals surface area contributed by atoms with Crippen molar-refractivity contribution in [1.29, 1.82) is 0 Å². The highest BCUT2D eigenvalue weighted by Gasteiger charge is 2.18. The average Bonchev–Trinajstić information content (AvgIpc) is 3.08. The molecule has 0 radical (unpaired) electrons. The molecule has 0 saturated carbocycles. The van der Waals surface area contributed by atoms with Crippen molar-refractivity contribution in [2.45, 2.75) is 225 Å². The molecule has 0 fully saturated rings. The first-order valence-electron chi connectivity index (χ1n) is 22.0. The monoisotopic (exact) mass is 711 g/mol. The van der Waals surface area contributed by atoms with Gasteiger partial charge in [0.25, 0.3) is 0 Å². The number of nitrogens with zero attached hydrogens (tertiary/aromatic N) is 1. The fraction of sp³-hybridized carbons (Fsp3) is 0.955. The lowest BCUT2D eigenvalue weighted by molar-refractivity contribution is -0.870. The maximum atomic E-state index is 12.6. The Kier molecular flexibility index (Phi) is 36.8. The van der Waals surface area contributed by atoms with E-state index in [0.717, 1.165) is 36.7 Å². The van der Waals surface area contributed by atoms with E-state index >= 15 is 0 Å². The molecule has 0 aliphatic rings. The van der Waals surface area contributed by atoms with E-state index in [1.807, 2.05) is 0 Å². The van der Waals surface area contributed by atoms with Gasteiger partial charge in [0.2, 0.25) is 0 Å². The molecule has 0 rings (SSSR count). The lowest BCUT2D eigenvalue weighted by Gasteiger charge is -2.24. The van der Waals surface area contributed by atoms with Gasteiger partial charge in [-0.1, -0.05) is 194 Å². The largest absolute Gasteiger partial charge is 0.462 e. The van der Waals surface area contributed by atoms with Crippen LogP contribution in [0.5, 0.6) is 0 Å². The van der Waals surface area contributed by atoms with Crippen molar-refractivity contribution in [3.8, 4) is 0 Å². The molecule has 6 nitrogen and oxygen atoms in total. The van der Waals surface area contributed by atoms with Crippen molar-refractivity contribution >= 4 is 11.9 Å². The summed E-state index contributed by atoms with van der Waals surface area (Å²) >= 11 is 0. The van der Waals surface area contributed by atoms with Gasteiger partial charge in [-0.05, 0) is 12.8 Å². The summed E-state index contributed by atoms with van der Waals surface area (Å²) in [5.74, 6) is -0.409. The first kappa shape index (κ1) is 48.9. The van der Waals surface area contributed by atoms with Gasteiger partial charge in [0.1, 0.15) is 13.2 Å². The highest BCUT2D eigenvalue weighted by atomic mass is 16.6. The SMILES string of the molecule is CCCCCCCCCCCCCCCCCC(=O)OCC(COCC[N+](C)(C)C)OC(=O)CCCCCCCCCCCCCCCCC. The second-order valence-electron chi connectivity index (χ2n) is 16.3. The van der Waals surface area contributed by atoms with Gasteiger partial charge in [0.15, 0.2) is 6.10 Å². The molecule has 50 heavy (non-hydrogen) atoms. The molecule has 0 aromatic carbocycles. The van der Waals surface area contributed by atoms with E-state index in [2.05, 4.69) is 35.0 Å². The number of hydrogen-bond acceptors (Lipinski definition) is 5. The maximum Gasteiger partial charge on any atom is 0.306 e. The molecule has 0 amide bonds. The van der Waals surface area contributed by atoms with E-state index in [9.17, 15) is 9.59 Å². The molecule has 6 heteroatoms. The Morgan fingerprint density at radius 1 is 0.440 bits per heavy atom. The zero-order valence-corrected chi connectivity index (χ0v) is 34.5. The summed E-state index contributed by atoms with van der Waals surface area (Å²) in [6.45, 7) is 6.33. The predicted molar refractivity (Wildman–Crippen MR) is 214 cm³/mol. The molecular formula is C44H88NO5+. The zero-order valence-electron chi connectivity index (χ0n) is 34.5. The fourth-order valence-electron chi connectivity index (χ4n) is 6.45. The minimum atomic E-state index is -0.545. The van der Waals surface area contributed by atoms with E-state index in [-0.39, 0.29) is 25.2 Å². The molecule has 1 unspecified atom stereocenters. The van der Waals surface area contributed by atoms with Crippen molar-refractivity contribution in [3.05, 3.63) is 0 Å². The van der Waals surface area contributed by atoms with Gasteiger partial charge in [-0.3, -0.25) is 9.59 Å². The van der Waals surface area contributed by atoms with E-state index in [1.54, 1.807) is 0 Å². The summed E-state index contributed by atoms with van der Waals surface area (Å²) < 4.78 is 17.9. The molecule has 0 aromatic rings. The summed E-state index contributed by atoms with van der Waals surface area (Å²) in [5, 5.41) is 0. The van der Waals surface area contributed by atoms with Gasteiger partial charge in [-0.25, -0.2) is 0 Å². The van der Waals surface area contributed by atoms with Crippen LogP contribution in [0.1, 0.15) is 219 Å². The minimum absolute atomic E-state index is 0.0759. The standard InChI is InChI=1S/C44H88NO5/c1-6-8-10-12-14-16-18-20-22-24-26-28-30-32-34-36-43(46)49-41-42(40-48-39-38-45(3,4)5)50-44(47)37-35-33-31-29-27-25-23-21-19-17-15-13-11-9-7-2/h42H,6-41H2,1-5H3/q+1. The Labute approximate surface area is 312 Å². The van der Waals surface area contributed by atoms with Crippen molar-refractivity contribution in [1.82, 2.24) is 0 Å². The van der Waals surface area contributed by atoms with Crippen LogP contribution in [0.3, 0.4) is 0 Å². The molecule has 0 spiro atoms. The Morgan fingerprint density at radius 2 is 0.760 bits per heavy atom. The number of carbonyl (C=O) groups excluding carboxylic acids is 2. The summed E-state index contributed by atoms with van der Waals surface area (Å²) in [4.78, 5) is 25.1. The quantitative estimate of drug-likeness (QED) is 0.0360. The number of quaternary nitrogens is 1. The Hall–Kier alpha value is -1.14. The van der Waals surface area contributed by atoms with E-state index in [0.29, 0.717) is 19.4 Å². The van der Waals surface area contributed by atoms with Crippen LogP contribution in [-0.4, -0.2) is 70.0 Å². The Bertz CT molecular complexity index is 722. The molecule has 0 N–H and O–H groups in total. The van der Waals surface area contributed by atoms with Crippen molar-refractivity contribution in [3.63, 3.8) is 0 Å². The van der Waals surface area contributed by atoms with Gasteiger partial charge in [-0.2, -0.15) is 0 Å². The summed E-state index contributed by atoms with van der Waals surface area (Å²) in [5.41, 5.74) is 0. The molecule has 0 aliphatic carbocycles. The molecule has 298 valence electrons. The summed E-state index contributed by atoms with van der Waals surface area (Å²) in [6.07, 6.45) is 39.4. The van der Waals surface area contributed by atoms with Crippen molar-refractivity contribution in [2.24, 2.45) is 0 Å². The molecule has 0 saturated heterocycles. The third-order valence-electron chi connectivity index (χ3n) is 9.91. The van der Waals surface area contributed by atoms with Gasteiger partial charge in [0.05, 0.1) is 34.4 Å². The lowest BCUT2D eigenvalue weighted by Crippen LogP contribution is -2.38. The number of carbonyl (C=O) groups is 2. The fourth-order valence-corrected chi connectivity index (χ4v) is 6.45. The third kappa shape index (κ3) is 39.6. The zero-order chi connectivity index (χ0) is 36.8. The third-order valence-corrected chi connectivity index (χ3v) is 9.91. The average molecular weight is 711 g/mol. The second-order valence-corrected chi connectivity index (χ2v) is 16.3. The highest BCUT2D eigenvalue weighted by Crippen LogP contribution is 2.16. The van der Waals surface area contributed by atoms with Crippen LogP contribution in [0, 0.1) is 0 Å². The van der Waals surface area contributed by atoms with Crippen LogP contribution in [-0.2, 0) is 23.8 Å². The van der Waals surface area contributed by atoms with Crippen molar-refractivity contribution in [2.75, 3.05) is 47.5 Å². The van der Waals surface area contributed by atoms with Crippen LogP contribution >= 0.6 is 0 Å². The number of esters is 2. The van der Waals surface area contributed by atoms with Crippen LogP contribution in [0.2, 0.25) is 0 Å². The first-order valence-corrected chi connectivity index (χ1v) is 22.0. The van der Waals surface area contributed by atoms with Crippen LogP contribution in [0.15, 0.2) is 0 Å². The van der Waals surface area contributed by atoms with Crippen molar-refractivity contribution < 1.29 is 28.3 Å². The minimum Gasteiger partial charge on any atom is -0.462 e. The van der Waals surface area contributed by atoms with Gasteiger partial charge < -0.3 is 18.7 Å². The van der Waals surface area contributed by atoms with Gasteiger partial charge in [-0.15, -0.1) is 0 Å². The number of ether oxygens (including phenoxy) is 3. The molecule has 1 atom stereocenters.